The van der Waals surface area contributed by atoms with Gasteiger partial charge in [-0.15, -0.1) is 0 Å². The van der Waals surface area contributed by atoms with E-state index in [0.29, 0.717) is 31.7 Å². The van der Waals surface area contributed by atoms with E-state index in [9.17, 15) is 9.59 Å². The topological polar surface area (TPSA) is 100 Å². The summed E-state index contributed by atoms with van der Waals surface area (Å²) in [6, 6.07) is 6.21. The van der Waals surface area contributed by atoms with Crippen LogP contribution in [0.5, 0.6) is 5.75 Å². The van der Waals surface area contributed by atoms with E-state index < -0.39 is 0 Å². The summed E-state index contributed by atoms with van der Waals surface area (Å²) in [5, 5.41) is 2.79. The quantitative estimate of drug-likeness (QED) is 0.635. The fourth-order valence-corrected chi connectivity index (χ4v) is 5.90. The van der Waals surface area contributed by atoms with Crippen molar-refractivity contribution in [2.75, 3.05) is 19.7 Å². The second-order valence-electron chi connectivity index (χ2n) is 9.53. The molecule has 3 aliphatic heterocycles. The van der Waals surface area contributed by atoms with Gasteiger partial charge in [0.1, 0.15) is 12.3 Å². The highest BCUT2D eigenvalue weighted by molar-refractivity contribution is 6.05. The Morgan fingerprint density at radius 3 is 2.94 bits per heavy atom. The zero-order valence-electron chi connectivity index (χ0n) is 18.6. The summed E-state index contributed by atoms with van der Waals surface area (Å²) < 4.78 is 5.99. The molecular formula is C24H33N5O3. The number of nitrogens with zero attached hydrogens (tertiary/aromatic N) is 3. The maximum absolute atomic E-state index is 12.3. The van der Waals surface area contributed by atoms with Crippen molar-refractivity contribution in [1.29, 1.82) is 0 Å². The first-order valence-corrected chi connectivity index (χ1v) is 12.0. The zero-order valence-corrected chi connectivity index (χ0v) is 18.6. The molecule has 0 radical (unpaired) electrons. The van der Waals surface area contributed by atoms with E-state index in [-0.39, 0.29) is 17.9 Å². The molecule has 8 heteroatoms. The Kier molecular flexibility index (Phi) is 6.04. The predicted octanol–water partition coefficient (Wildman–Crippen LogP) is 2.29. The van der Waals surface area contributed by atoms with Gasteiger partial charge in [-0.1, -0.05) is 18.9 Å². The molecule has 1 aromatic rings. The molecule has 1 saturated carbocycles. The molecule has 3 N–H and O–H groups in total. The Bertz CT molecular complexity index is 915. The van der Waals surface area contributed by atoms with E-state index in [1.807, 2.05) is 23.1 Å². The molecule has 1 aliphatic carbocycles. The van der Waals surface area contributed by atoms with Crippen LogP contribution < -0.4 is 15.8 Å². The van der Waals surface area contributed by atoms with Crippen LogP contribution in [0, 0.1) is 5.92 Å². The first-order chi connectivity index (χ1) is 15.6. The fraction of sp³-hybridized carbons (Fsp3) is 0.625. The lowest BCUT2D eigenvalue weighted by molar-refractivity contribution is -0.126. The van der Waals surface area contributed by atoms with Crippen molar-refractivity contribution in [3.05, 3.63) is 23.8 Å². The largest absolute Gasteiger partial charge is 0.494 e. The van der Waals surface area contributed by atoms with Crippen LogP contribution >= 0.6 is 0 Å². The van der Waals surface area contributed by atoms with Crippen molar-refractivity contribution in [2.45, 2.75) is 70.0 Å². The number of primary amides is 1. The number of hydrogen-bond donors (Lipinski definition) is 2. The van der Waals surface area contributed by atoms with Gasteiger partial charge in [-0.2, -0.15) is 0 Å². The number of likely N-dealkylation sites (tertiary alicyclic amines) is 1. The second kappa shape index (κ2) is 9.10. The number of rotatable bonds is 7. The molecule has 1 aromatic carbocycles. The summed E-state index contributed by atoms with van der Waals surface area (Å²) in [7, 11) is 0. The SMILES string of the molecule is NC(=O)C(CCCOc1ccc2c(c1)N=C1NC(=O)CN1C2)N1CCCC2CCCCC21. The Morgan fingerprint density at radius 2 is 2.06 bits per heavy atom. The minimum absolute atomic E-state index is 0.0229. The lowest BCUT2D eigenvalue weighted by Gasteiger charge is -2.46. The molecule has 4 aliphatic rings. The molecule has 8 nitrogen and oxygen atoms in total. The third kappa shape index (κ3) is 4.33. The van der Waals surface area contributed by atoms with Crippen LogP contribution in [-0.4, -0.2) is 59.4 Å². The predicted molar refractivity (Wildman–Crippen MR) is 121 cm³/mol. The Hall–Kier alpha value is -2.61. The molecule has 3 fully saturated rings. The van der Waals surface area contributed by atoms with Crippen LogP contribution in [0.15, 0.2) is 23.2 Å². The highest BCUT2D eigenvalue weighted by atomic mass is 16.5. The average Bonchev–Trinajstić information content (AvgIpc) is 3.15. The minimum atomic E-state index is -0.205. The van der Waals surface area contributed by atoms with Crippen molar-refractivity contribution in [3.63, 3.8) is 0 Å². The van der Waals surface area contributed by atoms with E-state index in [1.54, 1.807) is 0 Å². The van der Waals surface area contributed by atoms with E-state index in [4.69, 9.17) is 10.5 Å². The molecule has 3 atom stereocenters. The van der Waals surface area contributed by atoms with Crippen LogP contribution in [0.1, 0.15) is 56.9 Å². The molecule has 3 heterocycles. The van der Waals surface area contributed by atoms with Crippen molar-refractivity contribution >= 4 is 23.5 Å². The molecular weight excluding hydrogens is 406 g/mol. The molecule has 0 spiro atoms. The Morgan fingerprint density at radius 1 is 1.22 bits per heavy atom. The molecule has 0 bridgehead atoms. The lowest BCUT2D eigenvalue weighted by atomic mass is 9.77. The highest BCUT2D eigenvalue weighted by Crippen LogP contribution is 2.37. The fourth-order valence-electron chi connectivity index (χ4n) is 5.90. The summed E-state index contributed by atoms with van der Waals surface area (Å²) in [5.74, 6) is 1.88. The first-order valence-electron chi connectivity index (χ1n) is 12.0. The highest BCUT2D eigenvalue weighted by Gasteiger charge is 2.38. The Labute approximate surface area is 189 Å². The average molecular weight is 440 g/mol. The molecule has 5 rings (SSSR count). The van der Waals surface area contributed by atoms with Crippen LogP contribution in [0.2, 0.25) is 0 Å². The number of hydrogen-bond acceptors (Lipinski definition) is 6. The molecule has 172 valence electrons. The van der Waals surface area contributed by atoms with Gasteiger partial charge < -0.3 is 15.4 Å². The number of fused-ring (bicyclic) bond motifs is 3. The van der Waals surface area contributed by atoms with Crippen molar-refractivity contribution in [2.24, 2.45) is 16.6 Å². The van der Waals surface area contributed by atoms with Crippen molar-refractivity contribution in [3.8, 4) is 5.75 Å². The summed E-state index contributed by atoms with van der Waals surface area (Å²) in [5.41, 5.74) is 7.76. The van der Waals surface area contributed by atoms with Gasteiger partial charge in [-0.25, -0.2) is 4.99 Å². The lowest BCUT2D eigenvalue weighted by Crippen LogP contribution is -2.55. The van der Waals surface area contributed by atoms with E-state index in [2.05, 4.69) is 15.2 Å². The number of amides is 2. The number of carbonyl (C=O) groups is 2. The van der Waals surface area contributed by atoms with E-state index in [1.165, 1.54) is 32.1 Å². The number of piperidine rings is 1. The minimum Gasteiger partial charge on any atom is -0.494 e. The van der Waals surface area contributed by atoms with Crippen LogP contribution in [0.3, 0.4) is 0 Å². The number of benzene rings is 1. The van der Waals surface area contributed by atoms with Gasteiger partial charge in [-0.05, 0) is 62.6 Å². The number of nitrogens with one attached hydrogen (secondary N) is 1. The van der Waals surface area contributed by atoms with Crippen LogP contribution in [0.4, 0.5) is 5.69 Å². The number of carbonyl (C=O) groups excluding carboxylic acids is 2. The second-order valence-corrected chi connectivity index (χ2v) is 9.53. The van der Waals surface area contributed by atoms with Crippen molar-refractivity contribution < 1.29 is 14.3 Å². The van der Waals surface area contributed by atoms with E-state index >= 15 is 0 Å². The third-order valence-electron chi connectivity index (χ3n) is 7.44. The van der Waals surface area contributed by atoms with Gasteiger partial charge in [0, 0.05) is 18.7 Å². The standard InChI is InChI=1S/C24H33N5O3/c25-23(31)21(29-11-3-6-16-5-1-2-7-20(16)29)8-4-12-32-18-10-9-17-14-28-15-22(30)27-24(28)26-19(17)13-18/h9-10,13,16,20-21H,1-8,11-12,14-15H2,(H2,25,31)(H,26,27,30). The summed E-state index contributed by atoms with van der Waals surface area (Å²) in [6.45, 7) is 2.54. The van der Waals surface area contributed by atoms with Gasteiger partial charge in [0.15, 0.2) is 0 Å². The third-order valence-corrected chi connectivity index (χ3v) is 7.44. The molecule has 0 aromatic heterocycles. The van der Waals surface area contributed by atoms with Gasteiger partial charge in [0.25, 0.3) is 0 Å². The molecule has 2 saturated heterocycles. The maximum atomic E-state index is 12.3. The number of guanidine groups is 1. The monoisotopic (exact) mass is 439 g/mol. The number of nitrogens with two attached hydrogens (primary N) is 1. The zero-order chi connectivity index (χ0) is 22.1. The van der Waals surface area contributed by atoms with Crippen LogP contribution in [-0.2, 0) is 16.1 Å². The normalized spacial score (nSPS) is 25.8. The van der Waals surface area contributed by atoms with Crippen molar-refractivity contribution in [1.82, 2.24) is 15.1 Å². The first kappa shape index (κ1) is 21.2. The van der Waals surface area contributed by atoms with Crippen LogP contribution in [0.25, 0.3) is 0 Å². The van der Waals surface area contributed by atoms with Gasteiger partial charge in [0.05, 0.1) is 18.3 Å². The summed E-state index contributed by atoms with van der Waals surface area (Å²) >= 11 is 0. The smallest absolute Gasteiger partial charge is 0.246 e. The van der Waals surface area contributed by atoms with Gasteiger partial charge >= 0.3 is 0 Å². The maximum Gasteiger partial charge on any atom is 0.246 e. The molecule has 32 heavy (non-hydrogen) atoms. The Balaban J connectivity index is 1.17. The molecule has 3 unspecified atom stereocenters. The van der Waals surface area contributed by atoms with Gasteiger partial charge in [-0.3, -0.25) is 19.8 Å². The summed E-state index contributed by atoms with van der Waals surface area (Å²) in [6.07, 6.45) is 9.03. The number of aliphatic imine (C=N–C) groups is 1. The van der Waals surface area contributed by atoms with E-state index in [0.717, 1.165) is 48.7 Å². The van der Waals surface area contributed by atoms with Gasteiger partial charge in [0.2, 0.25) is 17.8 Å². The molecule has 2 amide bonds. The summed E-state index contributed by atoms with van der Waals surface area (Å²) in [4.78, 5) is 32.8. The number of ether oxygens (including phenoxy) is 1.